The Morgan fingerprint density at radius 2 is 1.97 bits per heavy atom. The zero-order chi connectivity index (χ0) is 20.8. The number of nitrogens with one attached hydrogen (secondary N) is 1. The second-order valence-electron chi connectivity index (χ2n) is 8.31. The molecule has 30 heavy (non-hydrogen) atoms. The molecule has 153 valence electrons. The van der Waals surface area contributed by atoms with E-state index in [-0.39, 0.29) is 6.04 Å². The number of aryl methyl sites for hydroxylation is 1. The minimum Gasteiger partial charge on any atom is -0.361 e. The lowest BCUT2D eigenvalue weighted by atomic mass is 9.93. The van der Waals surface area contributed by atoms with Crippen LogP contribution < -0.4 is 0 Å². The Hall–Kier alpha value is -2.66. The van der Waals surface area contributed by atoms with Gasteiger partial charge in [0, 0.05) is 41.7 Å². The van der Waals surface area contributed by atoms with Gasteiger partial charge in [0.2, 0.25) is 0 Å². The van der Waals surface area contributed by atoms with Crippen molar-refractivity contribution in [3.8, 4) is 0 Å². The van der Waals surface area contributed by atoms with Crippen molar-refractivity contribution < 1.29 is 0 Å². The standard InChI is InChI=1S/C24H25ClN5/c1-14-6-4-7-17(23-26-9-5-10-27-23)21(14)30-11-8-15(2)22(30)24-28-19-12-16(3)18(25)13-20(19)29-24/h5-7,9-10,12-13,15,22H,4,8,11H2,1-3H3,(H,28,29)/t15-,22-/m0/s1. The first kappa shape index (κ1) is 19.3. The summed E-state index contributed by atoms with van der Waals surface area (Å²) in [5.41, 5.74) is 6.62. The van der Waals surface area contributed by atoms with E-state index in [2.05, 4.69) is 52.3 Å². The van der Waals surface area contributed by atoms with Crippen LogP contribution in [0.4, 0.5) is 0 Å². The smallest absolute Gasteiger partial charge is 0.157 e. The third-order valence-corrected chi connectivity index (χ3v) is 6.64. The predicted octanol–water partition coefficient (Wildman–Crippen LogP) is 5.66. The Morgan fingerprint density at radius 1 is 1.17 bits per heavy atom. The van der Waals surface area contributed by atoms with Gasteiger partial charge in [-0.05, 0) is 61.9 Å². The molecule has 1 radical (unpaired) electrons. The monoisotopic (exact) mass is 418 g/mol. The molecule has 1 saturated heterocycles. The molecule has 0 bridgehead atoms. The summed E-state index contributed by atoms with van der Waals surface area (Å²) < 4.78 is 0. The average Bonchev–Trinajstić information content (AvgIpc) is 3.31. The first-order valence-electron chi connectivity index (χ1n) is 10.5. The molecule has 3 heterocycles. The van der Waals surface area contributed by atoms with Crippen molar-refractivity contribution in [3.63, 3.8) is 0 Å². The summed E-state index contributed by atoms with van der Waals surface area (Å²) in [6.45, 7) is 7.50. The molecule has 2 atom stereocenters. The highest BCUT2D eigenvalue weighted by atomic mass is 35.5. The van der Waals surface area contributed by atoms with Crippen molar-refractivity contribution >= 4 is 28.2 Å². The topological polar surface area (TPSA) is 57.7 Å². The molecule has 2 aromatic heterocycles. The predicted molar refractivity (Wildman–Crippen MR) is 121 cm³/mol. The molecule has 0 saturated carbocycles. The molecule has 5 nitrogen and oxygen atoms in total. The minimum absolute atomic E-state index is 0.167. The summed E-state index contributed by atoms with van der Waals surface area (Å²) in [4.78, 5) is 20.1. The summed E-state index contributed by atoms with van der Waals surface area (Å²) in [6, 6.07) is 6.07. The SMILES string of the molecule is CC1=CC[CH]C(c2ncccn2)=C1N1CC[C@H](C)[C@H]1c1nc2cc(Cl)c(C)cc2[nH]1. The Labute approximate surface area is 181 Å². The van der Waals surface area contributed by atoms with E-state index in [1.54, 1.807) is 0 Å². The number of likely N-dealkylation sites (tertiary alicyclic amines) is 1. The number of imidazole rings is 1. The fourth-order valence-corrected chi connectivity index (χ4v) is 4.85. The number of hydrogen-bond donors (Lipinski definition) is 1. The number of hydrogen-bond acceptors (Lipinski definition) is 4. The van der Waals surface area contributed by atoms with Crippen LogP contribution in [0.3, 0.4) is 0 Å². The maximum Gasteiger partial charge on any atom is 0.157 e. The molecule has 0 amide bonds. The molecule has 0 unspecified atom stereocenters. The van der Waals surface area contributed by atoms with E-state index >= 15 is 0 Å². The van der Waals surface area contributed by atoms with Crippen molar-refractivity contribution in [2.45, 2.75) is 39.7 Å². The first-order valence-corrected chi connectivity index (χ1v) is 10.8. The molecule has 1 aliphatic heterocycles. The summed E-state index contributed by atoms with van der Waals surface area (Å²) in [7, 11) is 0. The van der Waals surface area contributed by atoms with Crippen LogP contribution in [0.25, 0.3) is 16.6 Å². The summed E-state index contributed by atoms with van der Waals surface area (Å²) in [5.74, 6) is 2.25. The molecular formula is C24H25ClN5. The maximum atomic E-state index is 6.34. The zero-order valence-electron chi connectivity index (χ0n) is 17.5. The molecule has 5 rings (SSSR count). The Morgan fingerprint density at radius 3 is 2.77 bits per heavy atom. The number of nitrogens with zero attached hydrogens (tertiary/aromatic N) is 4. The molecule has 2 aliphatic rings. The molecule has 1 aliphatic carbocycles. The van der Waals surface area contributed by atoms with Gasteiger partial charge in [0.1, 0.15) is 5.82 Å². The van der Waals surface area contributed by atoms with E-state index in [1.807, 2.05) is 31.5 Å². The van der Waals surface area contributed by atoms with E-state index in [0.717, 1.165) is 58.2 Å². The van der Waals surface area contributed by atoms with Crippen LogP contribution in [0.2, 0.25) is 5.02 Å². The van der Waals surface area contributed by atoms with E-state index in [9.17, 15) is 0 Å². The summed E-state index contributed by atoms with van der Waals surface area (Å²) in [5, 5.41) is 0.753. The number of aromatic nitrogens is 4. The fraction of sp³-hybridized carbons (Fsp3) is 0.333. The highest BCUT2D eigenvalue weighted by molar-refractivity contribution is 6.32. The van der Waals surface area contributed by atoms with E-state index in [4.69, 9.17) is 16.6 Å². The highest BCUT2D eigenvalue weighted by Crippen LogP contribution is 2.44. The van der Waals surface area contributed by atoms with Crippen LogP contribution in [-0.4, -0.2) is 31.4 Å². The number of fused-ring (bicyclic) bond motifs is 1. The molecule has 1 N–H and O–H groups in total. The van der Waals surface area contributed by atoms with Gasteiger partial charge in [-0.25, -0.2) is 15.0 Å². The molecule has 6 heteroatoms. The van der Waals surface area contributed by atoms with Crippen molar-refractivity contribution in [1.82, 2.24) is 24.8 Å². The molecule has 1 fully saturated rings. The van der Waals surface area contributed by atoms with Gasteiger partial charge in [-0.15, -0.1) is 0 Å². The molecule has 1 aromatic carbocycles. The third-order valence-electron chi connectivity index (χ3n) is 6.23. The van der Waals surface area contributed by atoms with E-state index in [1.165, 1.54) is 11.3 Å². The van der Waals surface area contributed by atoms with Crippen LogP contribution >= 0.6 is 11.6 Å². The second kappa shape index (κ2) is 7.55. The quantitative estimate of drug-likeness (QED) is 0.595. The lowest BCUT2D eigenvalue weighted by molar-refractivity contribution is 0.289. The highest BCUT2D eigenvalue weighted by Gasteiger charge is 2.38. The van der Waals surface area contributed by atoms with Crippen LogP contribution in [0.15, 0.2) is 47.9 Å². The Kier molecular flexibility index (Phi) is 4.86. The lowest BCUT2D eigenvalue weighted by Crippen LogP contribution is -2.28. The van der Waals surface area contributed by atoms with Crippen molar-refractivity contribution in [2.24, 2.45) is 5.92 Å². The summed E-state index contributed by atoms with van der Waals surface area (Å²) >= 11 is 6.34. The molecular weight excluding hydrogens is 394 g/mol. The van der Waals surface area contributed by atoms with Crippen LogP contribution in [0.1, 0.15) is 49.9 Å². The van der Waals surface area contributed by atoms with Gasteiger partial charge in [-0.1, -0.05) is 24.6 Å². The number of H-pyrrole nitrogens is 1. The number of aromatic amines is 1. The number of halogens is 1. The lowest BCUT2D eigenvalue weighted by Gasteiger charge is -2.33. The van der Waals surface area contributed by atoms with Crippen molar-refractivity contribution in [2.75, 3.05) is 6.54 Å². The number of benzene rings is 1. The second-order valence-corrected chi connectivity index (χ2v) is 8.71. The van der Waals surface area contributed by atoms with Gasteiger partial charge in [0.25, 0.3) is 0 Å². The van der Waals surface area contributed by atoms with Crippen LogP contribution in [0, 0.1) is 19.3 Å². The molecule has 0 spiro atoms. The fourth-order valence-electron chi connectivity index (χ4n) is 4.69. The van der Waals surface area contributed by atoms with Crippen LogP contribution in [-0.2, 0) is 0 Å². The van der Waals surface area contributed by atoms with E-state index in [0.29, 0.717) is 5.92 Å². The minimum atomic E-state index is 0.167. The van der Waals surface area contributed by atoms with Gasteiger partial charge in [0.05, 0.1) is 17.1 Å². The zero-order valence-corrected chi connectivity index (χ0v) is 18.2. The van der Waals surface area contributed by atoms with Crippen LogP contribution in [0.5, 0.6) is 0 Å². The van der Waals surface area contributed by atoms with Gasteiger partial charge in [-0.3, -0.25) is 0 Å². The third kappa shape index (κ3) is 3.21. The number of allylic oxidation sites excluding steroid dienone is 3. The molecule has 3 aromatic rings. The normalized spacial score (nSPS) is 22.1. The van der Waals surface area contributed by atoms with E-state index < -0.39 is 0 Å². The van der Waals surface area contributed by atoms with Crippen molar-refractivity contribution in [3.05, 3.63) is 76.6 Å². The largest absolute Gasteiger partial charge is 0.361 e. The average molecular weight is 419 g/mol. The Balaban J connectivity index is 1.62. The van der Waals surface area contributed by atoms with Gasteiger partial charge >= 0.3 is 0 Å². The maximum absolute atomic E-state index is 6.34. The van der Waals surface area contributed by atoms with Crippen molar-refractivity contribution in [1.29, 1.82) is 0 Å². The number of rotatable bonds is 3. The summed E-state index contributed by atoms with van der Waals surface area (Å²) in [6.07, 6.45) is 10.2. The first-order chi connectivity index (χ1) is 14.5. The van der Waals surface area contributed by atoms with Gasteiger partial charge < -0.3 is 9.88 Å². The Bertz CT molecular complexity index is 1120. The van der Waals surface area contributed by atoms with Gasteiger partial charge in [-0.2, -0.15) is 0 Å². The van der Waals surface area contributed by atoms with Gasteiger partial charge in [0.15, 0.2) is 5.82 Å².